The average molecular weight is 1120 g/mol. The molecule has 2 saturated heterocycles. The molecule has 23 nitrogen and oxygen atoms in total. The highest BCUT2D eigenvalue weighted by atomic mass is 16.7. The minimum absolute atomic E-state index is 0.0122. The third kappa shape index (κ3) is 9.67. The van der Waals surface area contributed by atoms with E-state index in [1.54, 1.807) is 18.2 Å². The van der Waals surface area contributed by atoms with Crippen LogP contribution in [0, 0.1) is 39.4 Å². The summed E-state index contributed by atoms with van der Waals surface area (Å²) < 4.78 is 30.4. The lowest BCUT2D eigenvalue weighted by Gasteiger charge is -2.72. The fraction of sp³-hybridized carbons (Fsp3) is 0.552. The molecule has 23 heteroatoms. The van der Waals surface area contributed by atoms with E-state index in [1.807, 2.05) is 31.2 Å². The van der Waals surface area contributed by atoms with Gasteiger partial charge in [0.25, 0.3) is 11.8 Å². The molecule has 10 aliphatic rings. The van der Waals surface area contributed by atoms with Crippen LogP contribution >= 0.6 is 0 Å². The third-order valence-corrected chi connectivity index (χ3v) is 19.1. The number of aliphatic hydroxyl groups is 5. The molecule has 2 aromatic carbocycles. The van der Waals surface area contributed by atoms with Gasteiger partial charge in [-0.3, -0.25) is 39.0 Å². The Hall–Kier alpha value is -6.70. The summed E-state index contributed by atoms with van der Waals surface area (Å²) in [6, 6.07) is 11.5. The molecule has 6 saturated carbocycles. The van der Waals surface area contributed by atoms with E-state index >= 15 is 0 Å². The summed E-state index contributed by atoms with van der Waals surface area (Å²) in [5, 5.41) is 71.2. The quantitative estimate of drug-likeness (QED) is 0.0965. The lowest BCUT2D eigenvalue weighted by Crippen LogP contribution is -2.69. The molecule has 432 valence electrons. The largest absolute Gasteiger partial charge is 0.479 e. The molecule has 0 spiro atoms. The number of aliphatic carboxylic acids is 1. The van der Waals surface area contributed by atoms with Crippen molar-refractivity contribution in [2.24, 2.45) is 39.4 Å². The van der Waals surface area contributed by atoms with E-state index in [2.05, 4.69) is 22.9 Å². The van der Waals surface area contributed by atoms with Crippen LogP contribution in [0.5, 0.6) is 5.75 Å². The zero-order valence-electron chi connectivity index (χ0n) is 44.6. The number of hydrogen-bond donors (Lipinski definition) is 9. The predicted molar refractivity (Wildman–Crippen MR) is 279 cm³/mol. The van der Waals surface area contributed by atoms with Gasteiger partial charge in [-0.25, -0.2) is 9.59 Å². The molecule has 12 rings (SSSR count). The molecule has 7 aliphatic carbocycles. The first-order valence-electron chi connectivity index (χ1n) is 27.5. The van der Waals surface area contributed by atoms with Crippen molar-refractivity contribution in [2.75, 3.05) is 30.3 Å². The van der Waals surface area contributed by atoms with Crippen LogP contribution in [0.4, 0.5) is 16.2 Å². The Morgan fingerprint density at radius 2 is 1.60 bits per heavy atom. The van der Waals surface area contributed by atoms with Crippen molar-refractivity contribution in [3.63, 3.8) is 0 Å². The van der Waals surface area contributed by atoms with Crippen LogP contribution in [0.2, 0.25) is 0 Å². The minimum Gasteiger partial charge on any atom is -0.479 e. The summed E-state index contributed by atoms with van der Waals surface area (Å²) in [5.74, 6) is -4.69. The van der Waals surface area contributed by atoms with Gasteiger partial charge in [0.15, 0.2) is 29.6 Å². The number of benzene rings is 2. The highest BCUT2D eigenvalue weighted by molar-refractivity contribution is 6.13. The van der Waals surface area contributed by atoms with Gasteiger partial charge in [0, 0.05) is 65.9 Å². The van der Waals surface area contributed by atoms with Crippen molar-refractivity contribution in [3.8, 4) is 5.75 Å². The molecule has 9 N–H and O–H groups in total. The number of nitrogens with one attached hydrogen (secondary N) is 3. The Balaban J connectivity index is 0.699. The van der Waals surface area contributed by atoms with Crippen LogP contribution in [0.25, 0.3) is 0 Å². The van der Waals surface area contributed by atoms with E-state index in [0.717, 1.165) is 60.3 Å². The monoisotopic (exact) mass is 1120 g/mol. The molecule has 0 unspecified atom stereocenters. The van der Waals surface area contributed by atoms with Gasteiger partial charge in [-0.1, -0.05) is 43.7 Å². The van der Waals surface area contributed by atoms with E-state index < -0.39 is 114 Å². The van der Waals surface area contributed by atoms with Gasteiger partial charge in [0.1, 0.15) is 37.3 Å². The second kappa shape index (κ2) is 20.9. The highest BCUT2D eigenvalue weighted by Gasteiger charge is 2.80. The van der Waals surface area contributed by atoms with Crippen molar-refractivity contribution in [1.82, 2.24) is 10.2 Å². The molecule has 2 aromatic rings. The van der Waals surface area contributed by atoms with Crippen LogP contribution in [0.3, 0.4) is 0 Å². The number of anilines is 2. The Kier molecular flexibility index (Phi) is 14.5. The van der Waals surface area contributed by atoms with Gasteiger partial charge >= 0.3 is 12.1 Å². The number of imide groups is 1. The Bertz CT molecular complexity index is 3030. The van der Waals surface area contributed by atoms with Gasteiger partial charge < -0.3 is 65.0 Å². The zero-order chi connectivity index (χ0) is 57.6. The molecular formula is C58H66N4O19. The van der Waals surface area contributed by atoms with Crippen LogP contribution in [-0.4, -0.2) is 157 Å². The molecule has 3 heterocycles. The number of amides is 5. The lowest BCUT2D eigenvalue weighted by atomic mass is 9.33. The average Bonchev–Trinajstić information content (AvgIpc) is 2.38. The maximum atomic E-state index is 14.1. The lowest BCUT2D eigenvalue weighted by molar-refractivity contribution is -0.323. The number of Topliss-reactive ketones (excluding diaryl/α,β-unsaturated/α-hetero) is 1. The number of aliphatic hydroxyl groups excluding tert-OH is 5. The van der Waals surface area contributed by atoms with Gasteiger partial charge in [0.05, 0.1) is 17.9 Å². The molecule has 2 bridgehead atoms. The number of fused-ring (bicyclic) bond motifs is 7. The third-order valence-electron chi connectivity index (χ3n) is 19.1. The fourth-order valence-corrected chi connectivity index (χ4v) is 15.6. The number of rotatable bonds is 18. The van der Waals surface area contributed by atoms with E-state index in [-0.39, 0.29) is 78.3 Å². The first-order chi connectivity index (χ1) is 38.5. The minimum atomic E-state index is -2.00. The first kappa shape index (κ1) is 56.2. The summed E-state index contributed by atoms with van der Waals surface area (Å²) in [4.78, 5) is 102. The van der Waals surface area contributed by atoms with Crippen LogP contribution in [-0.2, 0) is 65.5 Å². The fourth-order valence-electron chi connectivity index (χ4n) is 15.6. The molecule has 3 aliphatic heterocycles. The van der Waals surface area contributed by atoms with Crippen LogP contribution < -0.4 is 20.7 Å². The number of ether oxygens (including phenoxy) is 5. The summed E-state index contributed by atoms with van der Waals surface area (Å²) in [6.07, 6.45) is -0.249. The number of carbonyl (C=O) groups excluding carboxylic acids is 7. The molecular weight excluding hydrogens is 1060 g/mol. The number of ketones is 2. The Labute approximate surface area is 464 Å². The number of carboxylic acid groups (broad SMARTS) is 1. The van der Waals surface area contributed by atoms with Gasteiger partial charge in [0.2, 0.25) is 18.1 Å². The standard InChI is InChI=1S/C58H66N4O19/c1-54-15-12-33(64)20-31(54)7-8-34-35-21-40-58(39(66)24-63,55(35,2)23-37(65)45(34)54)81-52(79-40)57-26-56(27-57,28-57)22-29-4-3-5-32(18-29)60-53(76)77-25-30-6-9-38(78-51-48(73)46(71)47(72)49(80-51)50(74)75)36(19-30)61-42(68)13-16-59-41(67)14-17-62-43(69)10-11-44(62)70/h3-6,9-12,15,18-20,34-35,37,40,45-49,51-52,63,65,71-73H,7-8,13-14,16-17,21-28H2,1-2H3,(H,59,67)(H,60,76)(H,61,68)(H,74,75)/t34-,35-,37-,40+,45+,46-,47-,48+,49-,51+,52-,54-,55-,56?,57?,58+/m0/s1. The SMILES string of the molecule is C[C@]12C=CC(=O)C=C1CC[C@@H]1[C@@H]2[C@@H](O)C[C@@]2(C)[C@H]1C[C@H]1O[C@H](C34CC(Cc5cccc(NC(=O)OCc6ccc(O[C@@H]7O[C@H](C(=O)O)[C@@H](O)[C@H](O)[C@H]7O)c(NC(=O)CCNC(=O)CCN7C(=O)C=CC7=O)c6)c5)(C3)C4)O[C@]12C(=O)CO. The molecule has 8 fully saturated rings. The number of hydrogen-bond acceptors (Lipinski definition) is 18. The topological polar surface area (TPSA) is 343 Å². The number of carbonyl (C=O) groups is 8. The molecule has 81 heavy (non-hydrogen) atoms. The summed E-state index contributed by atoms with van der Waals surface area (Å²) in [6.45, 7) is 2.76. The van der Waals surface area contributed by atoms with Gasteiger partial charge in [-0.05, 0) is 116 Å². The smallest absolute Gasteiger partial charge is 0.411 e. The molecule has 14 atom stereocenters. The van der Waals surface area contributed by atoms with Crippen molar-refractivity contribution in [2.45, 2.75) is 139 Å². The normalized spacial score (nSPS) is 37.6. The molecule has 5 amide bonds. The second-order valence-electron chi connectivity index (χ2n) is 24.1. The predicted octanol–water partition coefficient (Wildman–Crippen LogP) is 2.11. The van der Waals surface area contributed by atoms with Crippen molar-refractivity contribution in [3.05, 3.63) is 89.5 Å². The highest BCUT2D eigenvalue weighted by Crippen LogP contribution is 2.79. The number of allylic oxidation sites excluding steroid dienone is 4. The molecule has 0 radical (unpaired) electrons. The van der Waals surface area contributed by atoms with E-state index in [9.17, 15) is 69.0 Å². The summed E-state index contributed by atoms with van der Waals surface area (Å²) in [7, 11) is 0. The van der Waals surface area contributed by atoms with Crippen LogP contribution in [0.1, 0.15) is 82.8 Å². The van der Waals surface area contributed by atoms with E-state index in [0.29, 0.717) is 30.5 Å². The van der Waals surface area contributed by atoms with Crippen molar-refractivity contribution >= 4 is 58.6 Å². The maximum Gasteiger partial charge on any atom is 0.411 e. The van der Waals surface area contributed by atoms with Crippen LogP contribution in [0.15, 0.2) is 78.4 Å². The summed E-state index contributed by atoms with van der Waals surface area (Å²) >= 11 is 0. The van der Waals surface area contributed by atoms with E-state index in [4.69, 9.17) is 23.7 Å². The van der Waals surface area contributed by atoms with Gasteiger partial charge in [-0.15, -0.1) is 0 Å². The molecule has 0 aromatic heterocycles. The summed E-state index contributed by atoms with van der Waals surface area (Å²) in [5.41, 5.74) is -0.376. The number of nitrogens with zero attached hydrogens (tertiary/aromatic N) is 1. The zero-order valence-corrected chi connectivity index (χ0v) is 44.6. The Morgan fingerprint density at radius 1 is 0.852 bits per heavy atom. The van der Waals surface area contributed by atoms with Crippen molar-refractivity contribution in [1.29, 1.82) is 0 Å². The second-order valence-corrected chi connectivity index (χ2v) is 24.1. The van der Waals surface area contributed by atoms with Crippen molar-refractivity contribution < 1.29 is 92.7 Å². The Morgan fingerprint density at radius 3 is 2.33 bits per heavy atom. The van der Waals surface area contributed by atoms with E-state index in [1.165, 1.54) is 18.2 Å². The number of carboxylic acids is 1. The van der Waals surface area contributed by atoms with Gasteiger partial charge in [-0.2, -0.15) is 0 Å². The first-order valence-corrected chi connectivity index (χ1v) is 27.5. The maximum absolute atomic E-state index is 14.1.